The fraction of sp³-hybridized carbons (Fsp3) is 0.263. The van der Waals surface area contributed by atoms with Crippen LogP contribution in [-0.2, 0) is 19.6 Å². The molecule has 0 fully saturated rings. The summed E-state index contributed by atoms with van der Waals surface area (Å²) in [5.41, 5.74) is 0.839. The number of nitrogens with one attached hydrogen (secondary N) is 1. The predicted octanol–water partition coefficient (Wildman–Crippen LogP) is 2.66. The molecule has 1 amide bonds. The maximum absolute atomic E-state index is 12.9. The molecule has 0 heterocycles. The quantitative estimate of drug-likeness (QED) is 0.734. The van der Waals surface area contributed by atoms with Crippen molar-refractivity contribution >= 4 is 33.3 Å². The lowest BCUT2D eigenvalue weighted by Gasteiger charge is -2.30. The smallest absolute Gasteiger partial charge is 0.339 e. The number of rotatable bonds is 7. The van der Waals surface area contributed by atoms with Crippen LogP contribution in [0.4, 0.5) is 11.4 Å². The number of carbonyl (C=O) groups excluding carboxylic acids is 2. The van der Waals surface area contributed by atoms with Crippen LogP contribution in [0.2, 0.25) is 0 Å². The van der Waals surface area contributed by atoms with Crippen LogP contribution >= 0.6 is 0 Å². The number of benzene rings is 2. The summed E-state index contributed by atoms with van der Waals surface area (Å²) in [5, 5.41) is 2.65. The number of esters is 1. The summed E-state index contributed by atoms with van der Waals surface area (Å²) in [5.74, 6) is -1.13. The third-order valence-electron chi connectivity index (χ3n) is 3.93. The summed E-state index contributed by atoms with van der Waals surface area (Å²) in [6.07, 6.45) is 1.30. The van der Waals surface area contributed by atoms with Gasteiger partial charge >= 0.3 is 5.97 Å². The average molecular weight is 390 g/mol. The topological polar surface area (TPSA) is 92.8 Å². The van der Waals surface area contributed by atoms with Crippen LogP contribution in [0.3, 0.4) is 0 Å². The Balaban J connectivity index is 2.39. The zero-order valence-corrected chi connectivity index (χ0v) is 16.2. The van der Waals surface area contributed by atoms with E-state index in [0.29, 0.717) is 5.69 Å². The highest BCUT2D eigenvalue weighted by Crippen LogP contribution is 2.24. The largest absolute Gasteiger partial charge is 0.465 e. The van der Waals surface area contributed by atoms with E-state index in [1.54, 1.807) is 55.5 Å². The maximum atomic E-state index is 12.9. The van der Waals surface area contributed by atoms with Crippen LogP contribution in [0.1, 0.15) is 23.7 Å². The summed E-state index contributed by atoms with van der Waals surface area (Å²) in [6.45, 7) is 1.72. The summed E-state index contributed by atoms with van der Waals surface area (Å²) in [4.78, 5) is 24.8. The summed E-state index contributed by atoms with van der Waals surface area (Å²) >= 11 is 0. The van der Waals surface area contributed by atoms with Gasteiger partial charge in [0.25, 0.3) is 0 Å². The molecule has 0 saturated heterocycles. The SMILES string of the molecule is CCC(C(=O)Nc1ccccc1C(=O)OC)N(c1ccccc1)S(C)(=O)=O. The Morgan fingerprint density at radius 2 is 1.67 bits per heavy atom. The Morgan fingerprint density at radius 1 is 1.07 bits per heavy atom. The first kappa shape index (κ1) is 20.4. The molecule has 144 valence electrons. The summed E-state index contributed by atoms with van der Waals surface area (Å²) in [7, 11) is -2.47. The molecule has 0 saturated carbocycles. The van der Waals surface area contributed by atoms with Crippen molar-refractivity contribution in [1.82, 2.24) is 0 Å². The van der Waals surface area contributed by atoms with Gasteiger partial charge in [-0.25, -0.2) is 13.2 Å². The number of ether oxygens (including phenoxy) is 1. The van der Waals surface area contributed by atoms with Gasteiger partial charge in [-0.2, -0.15) is 0 Å². The van der Waals surface area contributed by atoms with E-state index in [-0.39, 0.29) is 17.7 Å². The standard InChI is InChI=1S/C19H22N2O5S/c1-4-17(21(27(3,24)25)14-10-6-5-7-11-14)18(22)20-16-13-9-8-12-15(16)19(23)26-2/h5-13,17H,4H2,1-3H3,(H,20,22). The lowest BCUT2D eigenvalue weighted by molar-refractivity contribution is -0.117. The molecule has 2 rings (SSSR count). The normalized spacial score (nSPS) is 12.1. The Labute approximate surface area is 159 Å². The van der Waals surface area contributed by atoms with Gasteiger partial charge in [0.05, 0.1) is 30.3 Å². The van der Waals surface area contributed by atoms with Crippen molar-refractivity contribution in [2.24, 2.45) is 0 Å². The molecular formula is C19H22N2O5S. The predicted molar refractivity (Wildman–Crippen MR) is 104 cm³/mol. The zero-order valence-electron chi connectivity index (χ0n) is 15.4. The molecule has 27 heavy (non-hydrogen) atoms. The highest BCUT2D eigenvalue weighted by molar-refractivity contribution is 7.92. The van der Waals surface area contributed by atoms with Crippen LogP contribution in [0.5, 0.6) is 0 Å². The van der Waals surface area contributed by atoms with E-state index in [0.717, 1.165) is 10.6 Å². The van der Waals surface area contributed by atoms with Gasteiger partial charge in [-0.3, -0.25) is 9.10 Å². The van der Waals surface area contributed by atoms with E-state index in [2.05, 4.69) is 5.32 Å². The van der Waals surface area contributed by atoms with E-state index in [4.69, 9.17) is 4.74 Å². The first-order valence-electron chi connectivity index (χ1n) is 8.32. The van der Waals surface area contributed by atoms with Crippen molar-refractivity contribution in [2.45, 2.75) is 19.4 Å². The fourth-order valence-corrected chi connectivity index (χ4v) is 3.94. The molecule has 0 aliphatic rings. The van der Waals surface area contributed by atoms with Crippen molar-refractivity contribution in [2.75, 3.05) is 23.0 Å². The van der Waals surface area contributed by atoms with Crippen molar-refractivity contribution < 1.29 is 22.7 Å². The number of methoxy groups -OCH3 is 1. The monoisotopic (exact) mass is 390 g/mol. The number of para-hydroxylation sites is 2. The molecule has 2 aromatic carbocycles. The Morgan fingerprint density at radius 3 is 2.22 bits per heavy atom. The molecule has 2 aromatic rings. The Bertz CT molecular complexity index is 913. The van der Waals surface area contributed by atoms with E-state index in [9.17, 15) is 18.0 Å². The average Bonchev–Trinajstić information content (AvgIpc) is 2.65. The van der Waals surface area contributed by atoms with Gasteiger partial charge in [-0.05, 0) is 30.7 Å². The number of amides is 1. The second-order valence-corrected chi connectivity index (χ2v) is 7.70. The van der Waals surface area contributed by atoms with E-state index < -0.39 is 27.9 Å². The summed E-state index contributed by atoms with van der Waals surface area (Å²) < 4.78 is 30.6. The van der Waals surface area contributed by atoms with E-state index in [1.165, 1.54) is 13.2 Å². The minimum Gasteiger partial charge on any atom is -0.465 e. The number of hydrogen-bond donors (Lipinski definition) is 1. The first-order valence-corrected chi connectivity index (χ1v) is 10.2. The van der Waals surface area contributed by atoms with Gasteiger partial charge in [0.15, 0.2) is 0 Å². The Hall–Kier alpha value is -2.87. The highest BCUT2D eigenvalue weighted by Gasteiger charge is 2.32. The van der Waals surface area contributed by atoms with Gasteiger partial charge in [0.1, 0.15) is 6.04 Å². The molecule has 1 unspecified atom stereocenters. The molecule has 7 nitrogen and oxygen atoms in total. The highest BCUT2D eigenvalue weighted by atomic mass is 32.2. The molecule has 1 N–H and O–H groups in total. The fourth-order valence-electron chi connectivity index (χ4n) is 2.73. The second kappa shape index (κ2) is 8.68. The molecule has 0 aromatic heterocycles. The number of anilines is 2. The molecule has 0 aliphatic heterocycles. The third-order valence-corrected chi connectivity index (χ3v) is 5.11. The lowest BCUT2D eigenvalue weighted by atomic mass is 10.1. The molecule has 0 bridgehead atoms. The molecular weight excluding hydrogens is 368 g/mol. The molecule has 0 radical (unpaired) electrons. The second-order valence-electron chi connectivity index (χ2n) is 5.84. The maximum Gasteiger partial charge on any atom is 0.339 e. The van der Waals surface area contributed by atoms with Crippen molar-refractivity contribution in [3.8, 4) is 0 Å². The Kier molecular flexibility index (Phi) is 6.57. The van der Waals surface area contributed by atoms with E-state index >= 15 is 0 Å². The van der Waals surface area contributed by atoms with Gasteiger partial charge < -0.3 is 10.1 Å². The molecule has 0 aliphatic carbocycles. The molecule has 8 heteroatoms. The van der Waals surface area contributed by atoms with Crippen molar-refractivity contribution in [3.05, 3.63) is 60.2 Å². The van der Waals surface area contributed by atoms with Gasteiger partial charge in [-0.1, -0.05) is 37.3 Å². The van der Waals surface area contributed by atoms with E-state index in [1.807, 2.05) is 0 Å². The zero-order chi connectivity index (χ0) is 20.0. The minimum absolute atomic E-state index is 0.189. The van der Waals surface area contributed by atoms with Crippen LogP contribution in [0.15, 0.2) is 54.6 Å². The molecule has 1 atom stereocenters. The lowest BCUT2D eigenvalue weighted by Crippen LogP contribution is -2.47. The first-order chi connectivity index (χ1) is 12.8. The summed E-state index contributed by atoms with van der Waals surface area (Å²) in [6, 6.07) is 13.8. The van der Waals surface area contributed by atoms with Crippen LogP contribution in [0, 0.1) is 0 Å². The number of nitrogens with zero attached hydrogens (tertiary/aromatic N) is 1. The molecule has 0 spiro atoms. The number of sulfonamides is 1. The number of carbonyl (C=O) groups is 2. The van der Waals surface area contributed by atoms with Gasteiger partial charge in [-0.15, -0.1) is 0 Å². The van der Waals surface area contributed by atoms with Crippen molar-refractivity contribution in [3.63, 3.8) is 0 Å². The number of hydrogen-bond acceptors (Lipinski definition) is 5. The third kappa shape index (κ3) is 4.85. The van der Waals surface area contributed by atoms with Gasteiger partial charge in [0.2, 0.25) is 15.9 Å². The van der Waals surface area contributed by atoms with Crippen LogP contribution in [0.25, 0.3) is 0 Å². The van der Waals surface area contributed by atoms with Crippen molar-refractivity contribution in [1.29, 1.82) is 0 Å². The van der Waals surface area contributed by atoms with Crippen LogP contribution in [-0.4, -0.2) is 39.7 Å². The van der Waals surface area contributed by atoms with Crippen LogP contribution < -0.4 is 9.62 Å². The van der Waals surface area contributed by atoms with Gasteiger partial charge in [0, 0.05) is 0 Å². The minimum atomic E-state index is -3.72.